The number of carbonyl (C=O) groups excluding carboxylic acids is 1. The fourth-order valence-electron chi connectivity index (χ4n) is 3.77. The van der Waals surface area contributed by atoms with Crippen molar-refractivity contribution in [3.8, 4) is 5.75 Å². The SMILES string of the molecule is CC[C@H](Oc1ccc(C)c(C)c1)C(=O)N1CCC(Cc2ccccc2)CC1. The average Bonchev–Trinajstić information content (AvgIpc) is 2.69. The lowest BCUT2D eigenvalue weighted by Crippen LogP contribution is -2.45. The normalized spacial score (nSPS) is 16.2. The van der Waals surface area contributed by atoms with Crippen molar-refractivity contribution in [2.24, 2.45) is 5.92 Å². The van der Waals surface area contributed by atoms with Gasteiger partial charge in [-0.25, -0.2) is 0 Å². The third-order valence-electron chi connectivity index (χ3n) is 5.70. The minimum Gasteiger partial charge on any atom is -0.481 e. The maximum atomic E-state index is 13.0. The molecular formula is C24H31NO2. The average molecular weight is 366 g/mol. The Morgan fingerprint density at radius 3 is 2.41 bits per heavy atom. The predicted octanol–water partition coefficient (Wildman–Crippen LogP) is 4.94. The van der Waals surface area contributed by atoms with Gasteiger partial charge in [-0.1, -0.05) is 43.3 Å². The van der Waals surface area contributed by atoms with E-state index in [2.05, 4.69) is 50.2 Å². The second kappa shape index (κ2) is 9.07. The van der Waals surface area contributed by atoms with Gasteiger partial charge in [0.15, 0.2) is 6.10 Å². The van der Waals surface area contributed by atoms with Crippen molar-refractivity contribution >= 4 is 5.91 Å². The molecule has 1 atom stereocenters. The summed E-state index contributed by atoms with van der Waals surface area (Å²) in [7, 11) is 0. The summed E-state index contributed by atoms with van der Waals surface area (Å²) in [5, 5.41) is 0. The first-order valence-electron chi connectivity index (χ1n) is 10.1. The molecule has 3 nitrogen and oxygen atoms in total. The van der Waals surface area contributed by atoms with Crippen LogP contribution in [0.25, 0.3) is 0 Å². The van der Waals surface area contributed by atoms with Gasteiger partial charge in [-0.2, -0.15) is 0 Å². The van der Waals surface area contributed by atoms with Crippen LogP contribution in [0.2, 0.25) is 0 Å². The molecule has 2 aromatic carbocycles. The highest BCUT2D eigenvalue weighted by Crippen LogP contribution is 2.24. The summed E-state index contributed by atoms with van der Waals surface area (Å²) < 4.78 is 6.05. The number of hydrogen-bond acceptors (Lipinski definition) is 2. The molecule has 3 rings (SSSR count). The molecule has 3 heteroatoms. The summed E-state index contributed by atoms with van der Waals surface area (Å²) >= 11 is 0. The molecule has 0 saturated carbocycles. The molecule has 0 radical (unpaired) electrons. The summed E-state index contributed by atoms with van der Waals surface area (Å²) in [4.78, 5) is 14.9. The number of amides is 1. The van der Waals surface area contributed by atoms with Crippen LogP contribution in [0.3, 0.4) is 0 Å². The molecule has 1 aliphatic heterocycles. The van der Waals surface area contributed by atoms with Crippen molar-refractivity contribution in [3.05, 3.63) is 65.2 Å². The van der Waals surface area contributed by atoms with Gasteiger partial charge < -0.3 is 9.64 Å². The molecule has 144 valence electrons. The van der Waals surface area contributed by atoms with E-state index in [-0.39, 0.29) is 5.91 Å². The Labute approximate surface area is 163 Å². The molecule has 0 spiro atoms. The van der Waals surface area contributed by atoms with E-state index in [0.29, 0.717) is 12.3 Å². The third-order valence-corrected chi connectivity index (χ3v) is 5.70. The van der Waals surface area contributed by atoms with E-state index in [1.807, 2.05) is 24.0 Å². The largest absolute Gasteiger partial charge is 0.481 e. The number of benzene rings is 2. The van der Waals surface area contributed by atoms with Crippen molar-refractivity contribution < 1.29 is 9.53 Å². The lowest BCUT2D eigenvalue weighted by atomic mass is 9.90. The van der Waals surface area contributed by atoms with Crippen LogP contribution >= 0.6 is 0 Å². The zero-order chi connectivity index (χ0) is 19.2. The summed E-state index contributed by atoms with van der Waals surface area (Å²) in [5.74, 6) is 1.59. The Balaban J connectivity index is 1.54. The van der Waals surface area contributed by atoms with Crippen molar-refractivity contribution in [2.75, 3.05) is 13.1 Å². The Morgan fingerprint density at radius 1 is 1.07 bits per heavy atom. The highest BCUT2D eigenvalue weighted by Gasteiger charge is 2.28. The van der Waals surface area contributed by atoms with Gasteiger partial charge in [-0.05, 0) is 74.3 Å². The lowest BCUT2D eigenvalue weighted by molar-refractivity contribution is -0.140. The molecule has 27 heavy (non-hydrogen) atoms. The fraction of sp³-hybridized carbons (Fsp3) is 0.458. The number of nitrogens with zero attached hydrogens (tertiary/aromatic N) is 1. The van der Waals surface area contributed by atoms with Crippen LogP contribution < -0.4 is 4.74 Å². The number of aryl methyl sites for hydroxylation is 2. The first-order chi connectivity index (χ1) is 13.1. The maximum absolute atomic E-state index is 13.0. The lowest BCUT2D eigenvalue weighted by Gasteiger charge is -2.34. The van der Waals surface area contributed by atoms with Crippen LogP contribution in [0.15, 0.2) is 48.5 Å². The van der Waals surface area contributed by atoms with Gasteiger partial charge in [0.25, 0.3) is 5.91 Å². The molecule has 1 saturated heterocycles. The van der Waals surface area contributed by atoms with Crippen LogP contribution in [0.4, 0.5) is 0 Å². The van der Waals surface area contributed by atoms with Crippen LogP contribution in [0.1, 0.15) is 42.9 Å². The van der Waals surface area contributed by atoms with Crippen molar-refractivity contribution in [3.63, 3.8) is 0 Å². The fourth-order valence-corrected chi connectivity index (χ4v) is 3.77. The first kappa shape index (κ1) is 19.5. The van der Waals surface area contributed by atoms with Crippen LogP contribution in [0.5, 0.6) is 5.75 Å². The molecule has 1 amide bonds. The van der Waals surface area contributed by atoms with Gasteiger partial charge in [0.05, 0.1) is 0 Å². The number of hydrogen-bond donors (Lipinski definition) is 0. The molecule has 1 fully saturated rings. The van der Waals surface area contributed by atoms with Gasteiger partial charge in [0, 0.05) is 13.1 Å². The second-order valence-electron chi connectivity index (χ2n) is 7.72. The Morgan fingerprint density at radius 2 is 1.78 bits per heavy atom. The Bertz CT molecular complexity index is 748. The van der Waals surface area contributed by atoms with E-state index in [9.17, 15) is 4.79 Å². The van der Waals surface area contributed by atoms with E-state index in [1.54, 1.807) is 0 Å². The molecular weight excluding hydrogens is 334 g/mol. The Hall–Kier alpha value is -2.29. The molecule has 2 aromatic rings. The van der Waals surface area contributed by atoms with Crippen LogP contribution in [0, 0.1) is 19.8 Å². The molecule has 1 heterocycles. The van der Waals surface area contributed by atoms with E-state index in [0.717, 1.165) is 38.1 Å². The minimum absolute atomic E-state index is 0.133. The van der Waals surface area contributed by atoms with Gasteiger partial charge in [-0.3, -0.25) is 4.79 Å². The molecule has 0 aromatic heterocycles. The minimum atomic E-state index is -0.391. The van der Waals surface area contributed by atoms with E-state index in [1.165, 1.54) is 16.7 Å². The summed E-state index contributed by atoms with van der Waals surface area (Å²) in [5.41, 5.74) is 3.82. The third kappa shape index (κ3) is 5.12. The van der Waals surface area contributed by atoms with Gasteiger partial charge in [-0.15, -0.1) is 0 Å². The zero-order valence-electron chi connectivity index (χ0n) is 16.8. The number of rotatable bonds is 6. The van der Waals surface area contributed by atoms with Crippen LogP contribution in [-0.4, -0.2) is 30.0 Å². The maximum Gasteiger partial charge on any atom is 0.263 e. The first-order valence-corrected chi connectivity index (χ1v) is 10.1. The topological polar surface area (TPSA) is 29.5 Å². The highest BCUT2D eigenvalue weighted by atomic mass is 16.5. The molecule has 0 bridgehead atoms. The zero-order valence-corrected chi connectivity index (χ0v) is 16.8. The monoisotopic (exact) mass is 365 g/mol. The van der Waals surface area contributed by atoms with Crippen molar-refractivity contribution in [2.45, 2.75) is 52.6 Å². The Kier molecular flexibility index (Phi) is 6.54. The summed E-state index contributed by atoms with van der Waals surface area (Å²) in [6.07, 6.45) is 3.55. The quantitative estimate of drug-likeness (QED) is 0.725. The van der Waals surface area contributed by atoms with Crippen molar-refractivity contribution in [1.82, 2.24) is 4.90 Å². The number of piperidine rings is 1. The molecule has 1 aliphatic rings. The van der Waals surface area contributed by atoms with Crippen LogP contribution in [-0.2, 0) is 11.2 Å². The van der Waals surface area contributed by atoms with Gasteiger partial charge in [0.2, 0.25) is 0 Å². The van der Waals surface area contributed by atoms with E-state index in [4.69, 9.17) is 4.74 Å². The summed E-state index contributed by atoms with van der Waals surface area (Å²) in [6, 6.07) is 16.7. The number of likely N-dealkylation sites (tertiary alicyclic amines) is 1. The molecule has 0 N–H and O–H groups in total. The van der Waals surface area contributed by atoms with Gasteiger partial charge >= 0.3 is 0 Å². The number of carbonyl (C=O) groups is 1. The second-order valence-corrected chi connectivity index (χ2v) is 7.72. The highest BCUT2D eigenvalue weighted by molar-refractivity contribution is 5.81. The number of ether oxygens (including phenoxy) is 1. The van der Waals surface area contributed by atoms with Gasteiger partial charge in [0.1, 0.15) is 5.75 Å². The van der Waals surface area contributed by atoms with E-state index >= 15 is 0 Å². The van der Waals surface area contributed by atoms with E-state index < -0.39 is 6.10 Å². The summed E-state index contributed by atoms with van der Waals surface area (Å²) in [6.45, 7) is 7.85. The molecule has 0 aliphatic carbocycles. The smallest absolute Gasteiger partial charge is 0.263 e. The van der Waals surface area contributed by atoms with Crippen molar-refractivity contribution in [1.29, 1.82) is 0 Å². The standard InChI is InChI=1S/C24H31NO2/c1-4-23(27-22-11-10-18(2)19(3)16-22)24(26)25-14-12-21(13-15-25)17-20-8-6-5-7-9-20/h5-11,16,21,23H,4,12-15,17H2,1-3H3/t23-/m0/s1. The predicted molar refractivity (Wildman–Crippen MR) is 110 cm³/mol. The molecule has 0 unspecified atom stereocenters.